The summed E-state index contributed by atoms with van der Waals surface area (Å²) in [6.45, 7) is 18.7. The molecule has 1 unspecified atom stereocenters. The van der Waals surface area contributed by atoms with Crippen LogP contribution >= 0.6 is 11.3 Å². The molecule has 0 N–H and O–H groups in total. The average Bonchev–Trinajstić information content (AvgIpc) is 3.16. The van der Waals surface area contributed by atoms with E-state index in [-0.39, 0.29) is 11.6 Å². The molecule has 4 heteroatoms. The predicted octanol–water partition coefficient (Wildman–Crippen LogP) is 7.42. The van der Waals surface area contributed by atoms with Crippen molar-refractivity contribution in [1.82, 2.24) is 0 Å². The summed E-state index contributed by atoms with van der Waals surface area (Å²) >= 11 is 1.57. The number of benzene rings is 1. The number of carbonyl (C=O) groups excluding carboxylic acids is 1. The maximum atomic E-state index is 13.8. The number of methoxy groups -OCH3 is 1. The van der Waals surface area contributed by atoms with Crippen molar-refractivity contribution in [3.8, 4) is 23.0 Å². The molecule has 0 saturated heterocycles. The number of allylic oxidation sites excluding steroid dienone is 1. The molecule has 0 spiro atoms. The molecule has 1 aromatic carbocycles. The second-order valence-corrected chi connectivity index (χ2v) is 8.34. The third-order valence-corrected chi connectivity index (χ3v) is 5.32. The summed E-state index contributed by atoms with van der Waals surface area (Å²) < 4.78 is 19.2. The van der Waals surface area contributed by atoms with Gasteiger partial charge in [0.25, 0.3) is 0 Å². The Balaban J connectivity index is 0.00000125. The van der Waals surface area contributed by atoms with Gasteiger partial charge in [-0.2, -0.15) is 0 Å². The van der Waals surface area contributed by atoms with Crippen LogP contribution in [0.4, 0.5) is 4.39 Å². The Kier molecular flexibility index (Phi) is 12.2. The van der Waals surface area contributed by atoms with E-state index >= 15 is 0 Å². The van der Waals surface area contributed by atoms with E-state index in [0.717, 1.165) is 16.0 Å². The van der Waals surface area contributed by atoms with E-state index in [0.29, 0.717) is 5.56 Å². The highest BCUT2D eigenvalue weighted by Crippen LogP contribution is 2.37. The van der Waals surface area contributed by atoms with Crippen molar-refractivity contribution < 1.29 is 13.9 Å². The van der Waals surface area contributed by atoms with Crippen molar-refractivity contribution in [2.75, 3.05) is 7.11 Å². The number of ketones is 1. The fraction of sp³-hybridized carbons (Fsp3) is 0.423. The van der Waals surface area contributed by atoms with E-state index in [1.54, 1.807) is 44.4 Å². The lowest BCUT2D eigenvalue weighted by atomic mass is 9.82. The highest BCUT2D eigenvalue weighted by atomic mass is 32.1. The maximum Gasteiger partial charge on any atom is 0.159 e. The highest BCUT2D eigenvalue weighted by molar-refractivity contribution is 7.10. The molecule has 1 aromatic heterocycles. The zero-order chi connectivity index (χ0) is 23.5. The van der Waals surface area contributed by atoms with E-state index in [2.05, 4.69) is 18.4 Å². The van der Waals surface area contributed by atoms with Gasteiger partial charge in [0.1, 0.15) is 11.9 Å². The fourth-order valence-corrected chi connectivity index (χ4v) is 3.92. The highest BCUT2D eigenvalue weighted by Gasteiger charge is 2.36. The van der Waals surface area contributed by atoms with Gasteiger partial charge in [-0.15, -0.1) is 23.8 Å². The molecule has 0 aliphatic heterocycles. The van der Waals surface area contributed by atoms with E-state index in [1.807, 2.05) is 53.0 Å². The summed E-state index contributed by atoms with van der Waals surface area (Å²) in [4.78, 5) is 12.9. The predicted molar refractivity (Wildman–Crippen MR) is 129 cm³/mol. The summed E-state index contributed by atoms with van der Waals surface area (Å²) in [5, 5.41) is 2.01. The second-order valence-electron chi connectivity index (χ2n) is 7.42. The molecule has 0 aliphatic rings. The van der Waals surface area contributed by atoms with Crippen molar-refractivity contribution in [2.45, 2.75) is 66.9 Å². The lowest BCUT2D eigenvalue weighted by molar-refractivity contribution is -0.130. The first-order chi connectivity index (χ1) is 14.0. The van der Waals surface area contributed by atoms with Gasteiger partial charge >= 0.3 is 0 Å². The molecule has 0 fully saturated rings. The summed E-state index contributed by atoms with van der Waals surface area (Å²) in [5.41, 5.74) is 3.01. The van der Waals surface area contributed by atoms with Crippen LogP contribution in [-0.2, 0) is 14.9 Å². The van der Waals surface area contributed by atoms with Crippen LogP contribution in [0.2, 0.25) is 0 Å². The molecule has 1 atom stereocenters. The zero-order valence-electron chi connectivity index (χ0n) is 19.8. The standard InChI is InChI=1S/C20H21FO2S.C4H8.C2H6/c1-6-7-15-10-14(8-9-17(15)21)16-11-18(24-12-16)20(3,4)19(23-5)13(2)22;1-4(2)3;1-2/h8-12,19H,1-5H3;1H2,2-3H3;1-2H3. The number of thiophene rings is 1. The van der Waals surface area contributed by atoms with Crippen molar-refractivity contribution in [3.63, 3.8) is 0 Å². The minimum absolute atomic E-state index is 0.000242. The number of hydrogen-bond donors (Lipinski definition) is 0. The van der Waals surface area contributed by atoms with Crippen molar-refractivity contribution in [2.24, 2.45) is 0 Å². The van der Waals surface area contributed by atoms with Crippen LogP contribution in [0.25, 0.3) is 11.1 Å². The van der Waals surface area contributed by atoms with Gasteiger partial charge in [-0.05, 0) is 62.4 Å². The summed E-state index contributed by atoms with van der Waals surface area (Å²) in [6.07, 6.45) is -0.501. The van der Waals surface area contributed by atoms with E-state index in [4.69, 9.17) is 4.74 Å². The molecule has 30 heavy (non-hydrogen) atoms. The fourth-order valence-electron chi connectivity index (χ4n) is 2.86. The molecule has 1 heterocycles. The first-order valence-electron chi connectivity index (χ1n) is 10.0. The molecule has 0 bridgehead atoms. The molecule has 2 rings (SSSR count). The molecule has 0 radical (unpaired) electrons. The van der Waals surface area contributed by atoms with Crippen LogP contribution in [0, 0.1) is 17.7 Å². The van der Waals surface area contributed by atoms with Gasteiger partial charge in [0.15, 0.2) is 5.78 Å². The van der Waals surface area contributed by atoms with E-state index in [1.165, 1.54) is 11.6 Å². The monoisotopic (exact) mass is 430 g/mol. The Morgan fingerprint density at radius 2 is 1.73 bits per heavy atom. The molecule has 2 nitrogen and oxygen atoms in total. The average molecular weight is 431 g/mol. The van der Waals surface area contributed by atoms with Gasteiger partial charge in [-0.1, -0.05) is 45.3 Å². The van der Waals surface area contributed by atoms with Crippen LogP contribution in [0.5, 0.6) is 0 Å². The first-order valence-corrected chi connectivity index (χ1v) is 10.9. The Morgan fingerprint density at radius 3 is 2.20 bits per heavy atom. The Labute approximate surface area is 186 Å². The minimum Gasteiger partial charge on any atom is -0.373 e. The molecule has 2 aromatic rings. The topological polar surface area (TPSA) is 26.3 Å². The maximum absolute atomic E-state index is 13.8. The van der Waals surface area contributed by atoms with Crippen LogP contribution in [0.15, 0.2) is 41.8 Å². The van der Waals surface area contributed by atoms with Crippen LogP contribution < -0.4 is 0 Å². The van der Waals surface area contributed by atoms with Crippen molar-refractivity contribution in [1.29, 1.82) is 0 Å². The number of Topliss-reactive ketones (excluding diaryl/α,β-unsaturated/α-hetero) is 1. The summed E-state index contributed by atoms with van der Waals surface area (Å²) in [7, 11) is 1.55. The number of rotatable bonds is 5. The van der Waals surface area contributed by atoms with Crippen molar-refractivity contribution in [3.05, 3.63) is 58.1 Å². The number of ether oxygens (including phenoxy) is 1. The molecular formula is C26H35FO2S. The first kappa shape index (κ1) is 27.8. The number of hydrogen-bond acceptors (Lipinski definition) is 3. The lowest BCUT2D eigenvalue weighted by Crippen LogP contribution is -2.39. The normalized spacial score (nSPS) is 11.0. The largest absolute Gasteiger partial charge is 0.373 e. The smallest absolute Gasteiger partial charge is 0.159 e. The van der Waals surface area contributed by atoms with Crippen LogP contribution in [0.1, 0.15) is 65.8 Å². The summed E-state index contributed by atoms with van der Waals surface area (Å²) in [6, 6.07) is 6.97. The SMILES string of the molecule is C=C(C)C.CC.CC#Cc1cc(-c2csc(C(C)(C)C(OC)C(C)=O)c2)ccc1F. The second kappa shape index (κ2) is 13.2. The van der Waals surface area contributed by atoms with Gasteiger partial charge in [-0.25, -0.2) is 4.39 Å². The third-order valence-electron chi connectivity index (χ3n) is 4.05. The Hall–Kier alpha value is -2.22. The Bertz CT molecular complexity index is 893. The lowest BCUT2D eigenvalue weighted by Gasteiger charge is -2.30. The van der Waals surface area contributed by atoms with Gasteiger partial charge in [0.2, 0.25) is 0 Å². The summed E-state index contributed by atoms with van der Waals surface area (Å²) in [5.74, 6) is 5.19. The van der Waals surface area contributed by atoms with Gasteiger partial charge < -0.3 is 4.74 Å². The van der Waals surface area contributed by atoms with Crippen LogP contribution in [-0.4, -0.2) is 19.0 Å². The van der Waals surface area contributed by atoms with Crippen LogP contribution in [0.3, 0.4) is 0 Å². The third kappa shape index (κ3) is 7.89. The number of carbonyl (C=O) groups is 1. The molecule has 0 amide bonds. The van der Waals surface area contributed by atoms with Gasteiger partial charge in [-0.3, -0.25) is 4.79 Å². The quantitative estimate of drug-likeness (QED) is 0.364. The minimum atomic E-state index is -0.501. The molecular weight excluding hydrogens is 395 g/mol. The van der Waals surface area contributed by atoms with Gasteiger partial charge in [0.05, 0.1) is 5.56 Å². The van der Waals surface area contributed by atoms with E-state index in [9.17, 15) is 9.18 Å². The van der Waals surface area contributed by atoms with Gasteiger partial charge in [0, 0.05) is 17.4 Å². The number of halogens is 1. The Morgan fingerprint density at radius 1 is 1.17 bits per heavy atom. The molecule has 0 aliphatic carbocycles. The van der Waals surface area contributed by atoms with E-state index < -0.39 is 11.5 Å². The van der Waals surface area contributed by atoms with Crippen molar-refractivity contribution >= 4 is 17.1 Å². The zero-order valence-corrected chi connectivity index (χ0v) is 20.6. The molecule has 0 saturated carbocycles. The molecule has 164 valence electrons.